The van der Waals surface area contributed by atoms with Gasteiger partial charge in [0.15, 0.2) is 6.61 Å². The Morgan fingerprint density at radius 3 is 2.39 bits per heavy atom. The minimum Gasteiger partial charge on any atom is -0.466 e. The van der Waals surface area contributed by atoms with Crippen LogP contribution in [0, 0.1) is 6.92 Å². The highest BCUT2D eigenvalue weighted by molar-refractivity contribution is 7.92. The Labute approximate surface area is 193 Å². The molecule has 0 saturated heterocycles. The van der Waals surface area contributed by atoms with Gasteiger partial charge in [-0.15, -0.1) is 0 Å². The zero-order chi connectivity index (χ0) is 24.4. The first kappa shape index (κ1) is 25.9. The van der Waals surface area contributed by atoms with Crippen LogP contribution in [-0.2, 0) is 29.1 Å². The number of ether oxygens (including phenoxy) is 2. The van der Waals surface area contributed by atoms with Crippen molar-refractivity contribution in [3.8, 4) is 0 Å². The summed E-state index contributed by atoms with van der Waals surface area (Å²) in [5, 5.41) is 2.53. The van der Waals surface area contributed by atoms with Gasteiger partial charge in [-0.3, -0.25) is 13.9 Å². The summed E-state index contributed by atoms with van der Waals surface area (Å²) in [6.45, 7) is 3.61. The number of hydrogen-bond donors (Lipinski definition) is 1. The van der Waals surface area contributed by atoms with Crippen LogP contribution in [0.2, 0.25) is 0 Å². The predicted molar refractivity (Wildman–Crippen MR) is 122 cm³/mol. The molecule has 0 spiro atoms. The molecule has 0 heterocycles. The van der Waals surface area contributed by atoms with Crippen molar-refractivity contribution in [2.75, 3.05) is 31.1 Å². The summed E-state index contributed by atoms with van der Waals surface area (Å²) in [7, 11) is -2.48. The molecule has 2 rings (SSSR count). The van der Waals surface area contributed by atoms with Crippen LogP contribution < -0.4 is 9.62 Å². The molecule has 178 valence electrons. The van der Waals surface area contributed by atoms with Gasteiger partial charge in [-0.25, -0.2) is 13.2 Å². The minimum atomic E-state index is -3.91. The molecule has 1 amide bonds. The van der Waals surface area contributed by atoms with E-state index in [2.05, 4.69) is 5.32 Å². The number of carbonyl (C=O) groups excluding carboxylic acids is 3. The number of aryl methyl sites for hydroxylation is 1. The van der Waals surface area contributed by atoms with Crippen molar-refractivity contribution in [3.05, 3.63) is 59.7 Å². The molecule has 2 aromatic rings. The molecule has 0 unspecified atom stereocenters. The van der Waals surface area contributed by atoms with Crippen LogP contribution in [0.25, 0.3) is 0 Å². The molecule has 0 radical (unpaired) electrons. The number of anilines is 1. The Kier molecular flexibility index (Phi) is 9.41. The minimum absolute atomic E-state index is 0.00323. The van der Waals surface area contributed by atoms with Crippen LogP contribution in [0.15, 0.2) is 53.4 Å². The fraction of sp³-hybridized carbons (Fsp3) is 0.348. The summed E-state index contributed by atoms with van der Waals surface area (Å²) in [6, 6.07) is 12.4. The molecule has 0 bridgehead atoms. The molecule has 0 aliphatic rings. The number of rotatable bonds is 11. The second kappa shape index (κ2) is 12.0. The highest BCUT2D eigenvalue weighted by atomic mass is 32.2. The first-order valence-electron chi connectivity index (χ1n) is 10.4. The van der Waals surface area contributed by atoms with Gasteiger partial charge in [-0.05, 0) is 50.6 Å². The van der Waals surface area contributed by atoms with Crippen LogP contribution in [0.4, 0.5) is 5.69 Å². The smallest absolute Gasteiger partial charge is 0.338 e. The monoisotopic (exact) mass is 476 g/mol. The predicted octanol–water partition coefficient (Wildman–Crippen LogP) is 2.44. The Bertz CT molecular complexity index is 1080. The maximum Gasteiger partial charge on any atom is 0.338 e. The number of benzene rings is 2. The lowest BCUT2D eigenvalue weighted by atomic mass is 10.2. The lowest BCUT2D eigenvalue weighted by Crippen LogP contribution is -2.30. The summed E-state index contributed by atoms with van der Waals surface area (Å²) in [5.74, 6) is -1.71. The van der Waals surface area contributed by atoms with Crippen LogP contribution >= 0.6 is 0 Å². The topological polar surface area (TPSA) is 119 Å². The van der Waals surface area contributed by atoms with E-state index in [9.17, 15) is 22.8 Å². The molecule has 9 nitrogen and oxygen atoms in total. The number of hydrogen-bond acceptors (Lipinski definition) is 7. The van der Waals surface area contributed by atoms with Gasteiger partial charge in [-0.2, -0.15) is 0 Å². The molecule has 2 aromatic carbocycles. The Morgan fingerprint density at radius 1 is 1.03 bits per heavy atom. The summed E-state index contributed by atoms with van der Waals surface area (Å²) < 4.78 is 36.8. The number of sulfonamides is 1. The molecule has 10 heteroatoms. The van der Waals surface area contributed by atoms with Crippen molar-refractivity contribution in [3.63, 3.8) is 0 Å². The molecule has 0 aliphatic carbocycles. The van der Waals surface area contributed by atoms with Crippen LogP contribution in [-0.4, -0.2) is 53.1 Å². The normalized spacial score (nSPS) is 10.9. The Hall–Kier alpha value is -3.40. The van der Waals surface area contributed by atoms with Crippen LogP contribution in [0.5, 0.6) is 0 Å². The van der Waals surface area contributed by atoms with E-state index in [1.807, 2.05) is 6.92 Å². The molecule has 33 heavy (non-hydrogen) atoms. The number of carbonyl (C=O) groups is 3. The zero-order valence-electron chi connectivity index (χ0n) is 18.9. The lowest BCUT2D eigenvalue weighted by Gasteiger charge is -2.20. The second-order valence-corrected chi connectivity index (χ2v) is 9.14. The van der Waals surface area contributed by atoms with Crippen molar-refractivity contribution >= 4 is 33.6 Å². The Balaban J connectivity index is 1.94. The van der Waals surface area contributed by atoms with Gasteiger partial charge in [0, 0.05) is 20.0 Å². The van der Waals surface area contributed by atoms with Crippen molar-refractivity contribution in [1.82, 2.24) is 5.32 Å². The molecule has 0 fully saturated rings. The van der Waals surface area contributed by atoms with Gasteiger partial charge in [0.05, 0.1) is 22.8 Å². The molecule has 0 aromatic heterocycles. The van der Waals surface area contributed by atoms with E-state index in [0.717, 1.165) is 9.87 Å². The number of amides is 1. The molecule has 0 aliphatic heterocycles. The van der Waals surface area contributed by atoms with E-state index in [1.54, 1.807) is 31.2 Å². The third-order valence-corrected chi connectivity index (χ3v) is 6.43. The largest absolute Gasteiger partial charge is 0.466 e. The first-order chi connectivity index (χ1) is 15.6. The highest BCUT2D eigenvalue weighted by Gasteiger charge is 2.23. The number of esters is 2. The van der Waals surface area contributed by atoms with E-state index in [0.29, 0.717) is 18.7 Å². The van der Waals surface area contributed by atoms with E-state index in [1.165, 1.54) is 31.3 Å². The van der Waals surface area contributed by atoms with Gasteiger partial charge in [0.2, 0.25) is 0 Å². The van der Waals surface area contributed by atoms with Crippen molar-refractivity contribution in [2.24, 2.45) is 0 Å². The molecular weight excluding hydrogens is 448 g/mol. The van der Waals surface area contributed by atoms with Gasteiger partial charge in [0.1, 0.15) is 0 Å². The highest BCUT2D eigenvalue weighted by Crippen LogP contribution is 2.23. The molecule has 1 N–H and O–H groups in total. The van der Waals surface area contributed by atoms with E-state index in [4.69, 9.17) is 9.47 Å². The summed E-state index contributed by atoms with van der Waals surface area (Å²) >= 11 is 0. The summed E-state index contributed by atoms with van der Waals surface area (Å²) in [6.07, 6.45) is 0.569. The first-order valence-corrected chi connectivity index (χ1v) is 11.8. The van der Waals surface area contributed by atoms with Crippen molar-refractivity contribution in [2.45, 2.75) is 31.6 Å². The number of nitrogens with one attached hydrogen (secondary N) is 1. The maximum atomic E-state index is 13.0. The second-order valence-electron chi connectivity index (χ2n) is 7.17. The quantitative estimate of drug-likeness (QED) is 0.391. The lowest BCUT2D eigenvalue weighted by molar-refractivity contribution is -0.143. The Morgan fingerprint density at radius 2 is 1.73 bits per heavy atom. The van der Waals surface area contributed by atoms with Crippen molar-refractivity contribution < 1.29 is 32.3 Å². The van der Waals surface area contributed by atoms with Gasteiger partial charge in [0.25, 0.3) is 15.9 Å². The summed E-state index contributed by atoms with van der Waals surface area (Å²) in [5.41, 5.74) is 1.48. The summed E-state index contributed by atoms with van der Waals surface area (Å²) in [4.78, 5) is 35.3. The van der Waals surface area contributed by atoms with Gasteiger partial charge >= 0.3 is 11.9 Å². The fourth-order valence-corrected chi connectivity index (χ4v) is 4.04. The molecular formula is C23H28N2O7S. The van der Waals surface area contributed by atoms with Crippen LogP contribution in [0.3, 0.4) is 0 Å². The van der Waals surface area contributed by atoms with Gasteiger partial charge < -0.3 is 14.8 Å². The zero-order valence-corrected chi connectivity index (χ0v) is 19.7. The molecule has 0 saturated carbocycles. The molecule has 0 atom stereocenters. The van der Waals surface area contributed by atoms with Crippen LogP contribution in [0.1, 0.15) is 35.7 Å². The van der Waals surface area contributed by atoms with E-state index in [-0.39, 0.29) is 29.4 Å². The average molecular weight is 477 g/mol. The standard InChI is InChI=1S/C23H28N2O7S/c1-4-31-22(27)9-6-14-24-21(26)16-32-23(28)18-7-5-8-20(15-18)33(29,30)25(3)19-12-10-17(2)11-13-19/h5,7-8,10-13,15H,4,6,9,14,16H2,1-3H3,(H,24,26). The maximum absolute atomic E-state index is 13.0. The SMILES string of the molecule is CCOC(=O)CCCNC(=O)COC(=O)c1cccc(S(=O)(=O)N(C)c2ccc(C)cc2)c1. The number of nitrogens with zero attached hydrogens (tertiary/aromatic N) is 1. The third kappa shape index (κ3) is 7.60. The third-order valence-electron chi connectivity index (χ3n) is 4.65. The average Bonchev–Trinajstić information content (AvgIpc) is 2.80. The van der Waals surface area contributed by atoms with Crippen molar-refractivity contribution in [1.29, 1.82) is 0 Å². The van der Waals surface area contributed by atoms with Gasteiger partial charge in [-0.1, -0.05) is 23.8 Å². The van der Waals surface area contributed by atoms with E-state index < -0.39 is 28.5 Å². The van der Waals surface area contributed by atoms with E-state index >= 15 is 0 Å². The fourth-order valence-electron chi connectivity index (χ4n) is 2.79.